The minimum absolute atomic E-state index is 0.218. The average Bonchev–Trinajstić information content (AvgIpc) is 3.15. The Morgan fingerprint density at radius 3 is 1.80 bits per heavy atom. The maximum Gasteiger partial charge on any atom is 0.326 e. The minimum Gasteiger partial charge on any atom is -0.462 e. The van der Waals surface area contributed by atoms with Crippen molar-refractivity contribution in [3.8, 4) is 0 Å². The summed E-state index contributed by atoms with van der Waals surface area (Å²) in [4.78, 5) is 26.4. The number of hydrogen-bond donors (Lipinski definition) is 0. The number of esters is 2. The van der Waals surface area contributed by atoms with Gasteiger partial charge in [0.15, 0.2) is 4.08 Å². The molecule has 0 aromatic rings. The molecule has 0 radical (unpaired) electrons. The lowest BCUT2D eigenvalue weighted by atomic mass is 9.74. The molecule has 25 heavy (non-hydrogen) atoms. The van der Waals surface area contributed by atoms with Crippen molar-refractivity contribution < 1.29 is 27.5 Å². The highest BCUT2D eigenvalue weighted by atomic mass is 32.3. The highest BCUT2D eigenvalue weighted by molar-refractivity contribution is 8.07. The predicted octanol–water partition coefficient (Wildman–Crippen LogP) is 1.29. The van der Waals surface area contributed by atoms with E-state index in [0.29, 0.717) is 6.42 Å². The number of allylic oxidation sites excluding steroid dienone is 2. The van der Waals surface area contributed by atoms with Gasteiger partial charge >= 0.3 is 11.9 Å². The number of carbonyl (C=O) groups is 2. The first-order valence-corrected chi connectivity index (χ1v) is 11.2. The zero-order valence-corrected chi connectivity index (χ0v) is 16.5. The lowest BCUT2D eigenvalue weighted by Crippen LogP contribution is -2.64. The molecule has 8 heteroatoms. The Kier molecular flexibility index (Phi) is 4.73. The summed E-state index contributed by atoms with van der Waals surface area (Å²) in [6.07, 6.45) is 3.23. The molecule has 1 aliphatic heterocycles. The summed E-state index contributed by atoms with van der Waals surface area (Å²) < 4.78 is 35.6. The van der Waals surface area contributed by atoms with Crippen LogP contribution in [0.25, 0.3) is 0 Å². The number of hydrogen-bond acceptors (Lipinski definition) is 6. The molecular weight excluding hydrogens is 364 g/mol. The summed E-state index contributed by atoms with van der Waals surface area (Å²) >= 11 is 0. The molecule has 0 aromatic carbocycles. The first-order chi connectivity index (χ1) is 11.7. The van der Waals surface area contributed by atoms with Crippen molar-refractivity contribution in [2.45, 2.75) is 50.4 Å². The van der Waals surface area contributed by atoms with Crippen molar-refractivity contribution >= 4 is 33.5 Å². The molecule has 3 rings (SSSR count). The number of ether oxygens (including phenoxy) is 2. The third kappa shape index (κ3) is 2.32. The fourth-order valence-corrected chi connectivity index (χ4v) is 9.92. The van der Waals surface area contributed by atoms with E-state index in [1.165, 1.54) is 0 Å². The van der Waals surface area contributed by atoms with Crippen LogP contribution in [0.5, 0.6) is 0 Å². The fourth-order valence-electron chi connectivity index (χ4n) is 4.39. The lowest BCUT2D eigenvalue weighted by Gasteiger charge is -2.43. The SMILES string of the molecule is CC(C)OC(=O)C1(C(=O)OC(C)C)C2C=CC(C2)C12S(=O)CCS2=O. The number of fused-ring (bicyclic) bond motifs is 3. The summed E-state index contributed by atoms with van der Waals surface area (Å²) in [5, 5.41) is 0. The molecule has 2 fully saturated rings. The molecule has 0 amide bonds. The van der Waals surface area contributed by atoms with Crippen LogP contribution in [0, 0.1) is 17.3 Å². The van der Waals surface area contributed by atoms with Crippen molar-refractivity contribution in [2.75, 3.05) is 11.5 Å². The molecule has 0 N–H and O–H groups in total. The molecule has 140 valence electrons. The summed E-state index contributed by atoms with van der Waals surface area (Å²) in [7, 11) is -3.16. The van der Waals surface area contributed by atoms with E-state index in [1.807, 2.05) is 6.08 Å². The van der Waals surface area contributed by atoms with Crippen molar-refractivity contribution in [3.63, 3.8) is 0 Å². The van der Waals surface area contributed by atoms with Crippen molar-refractivity contribution in [2.24, 2.45) is 17.3 Å². The van der Waals surface area contributed by atoms with Gasteiger partial charge < -0.3 is 9.47 Å². The molecule has 1 heterocycles. The van der Waals surface area contributed by atoms with Crippen LogP contribution in [0.2, 0.25) is 0 Å². The Balaban J connectivity index is 2.23. The Morgan fingerprint density at radius 2 is 1.36 bits per heavy atom. The van der Waals surface area contributed by atoms with Gasteiger partial charge in [0.1, 0.15) is 0 Å². The second-order valence-corrected chi connectivity index (χ2v) is 11.1. The fraction of sp³-hybridized carbons (Fsp3) is 0.765. The third-order valence-corrected chi connectivity index (χ3v) is 10.3. The molecule has 2 bridgehead atoms. The largest absolute Gasteiger partial charge is 0.462 e. The summed E-state index contributed by atoms with van der Waals surface area (Å²) in [6.45, 7) is 6.77. The van der Waals surface area contributed by atoms with Gasteiger partial charge in [-0.3, -0.25) is 18.0 Å². The van der Waals surface area contributed by atoms with Gasteiger partial charge in [0.05, 0.1) is 12.2 Å². The second kappa shape index (κ2) is 6.30. The quantitative estimate of drug-likeness (QED) is 0.410. The summed E-state index contributed by atoms with van der Waals surface area (Å²) in [6, 6.07) is 0. The lowest BCUT2D eigenvalue weighted by molar-refractivity contribution is -0.179. The molecule has 1 saturated carbocycles. The van der Waals surface area contributed by atoms with E-state index < -0.39 is 61.2 Å². The van der Waals surface area contributed by atoms with Gasteiger partial charge in [-0.15, -0.1) is 0 Å². The van der Waals surface area contributed by atoms with Gasteiger partial charge in [-0.2, -0.15) is 0 Å². The van der Waals surface area contributed by atoms with Gasteiger partial charge in [-0.05, 0) is 34.1 Å². The van der Waals surface area contributed by atoms with E-state index in [9.17, 15) is 18.0 Å². The Bertz CT molecular complexity index is 643. The van der Waals surface area contributed by atoms with E-state index in [4.69, 9.17) is 9.47 Å². The van der Waals surface area contributed by atoms with Gasteiger partial charge in [-0.1, -0.05) is 12.2 Å². The van der Waals surface area contributed by atoms with Crippen LogP contribution in [0.3, 0.4) is 0 Å². The Labute approximate surface area is 152 Å². The highest BCUT2D eigenvalue weighted by Crippen LogP contribution is 2.65. The van der Waals surface area contributed by atoms with E-state index in [-0.39, 0.29) is 17.4 Å². The molecule has 0 aromatic heterocycles. The van der Waals surface area contributed by atoms with Crippen LogP contribution in [0.1, 0.15) is 34.1 Å². The van der Waals surface area contributed by atoms with Gasteiger partial charge in [0.2, 0.25) is 5.41 Å². The minimum atomic E-state index is -1.80. The summed E-state index contributed by atoms with van der Waals surface area (Å²) in [5.41, 5.74) is -1.80. The molecule has 4 unspecified atom stereocenters. The van der Waals surface area contributed by atoms with E-state index in [1.54, 1.807) is 33.8 Å². The predicted molar refractivity (Wildman–Crippen MR) is 94.4 cm³/mol. The van der Waals surface area contributed by atoms with Gasteiger partial charge in [0, 0.05) is 44.9 Å². The first kappa shape index (κ1) is 18.8. The molecule has 1 saturated heterocycles. The van der Waals surface area contributed by atoms with E-state index in [2.05, 4.69) is 0 Å². The Morgan fingerprint density at radius 1 is 0.920 bits per heavy atom. The van der Waals surface area contributed by atoms with Crippen LogP contribution in [0.15, 0.2) is 12.2 Å². The molecule has 6 nitrogen and oxygen atoms in total. The Hall–Kier alpha value is -1.02. The number of rotatable bonds is 4. The molecule has 3 aliphatic rings. The van der Waals surface area contributed by atoms with Crippen LogP contribution in [-0.2, 0) is 40.7 Å². The standard InChI is InChI=1S/C17H24O6S2/c1-10(2)22-14(18)16(15(19)23-11(3)4)12-5-6-13(9-12)17(16)24(20)7-8-25(17)21/h5-6,10-13H,7-9H2,1-4H3. The van der Waals surface area contributed by atoms with Gasteiger partial charge in [-0.25, -0.2) is 0 Å². The molecular formula is C17H24O6S2. The average molecular weight is 389 g/mol. The van der Waals surface area contributed by atoms with Crippen LogP contribution in [-0.4, -0.2) is 48.1 Å². The van der Waals surface area contributed by atoms with Crippen LogP contribution < -0.4 is 0 Å². The summed E-state index contributed by atoms with van der Waals surface area (Å²) in [5.74, 6) is -1.92. The normalized spacial score (nSPS) is 38.0. The van der Waals surface area contributed by atoms with Gasteiger partial charge in [0.25, 0.3) is 0 Å². The second-order valence-electron chi connectivity index (χ2n) is 7.32. The van der Waals surface area contributed by atoms with Crippen molar-refractivity contribution in [3.05, 3.63) is 12.2 Å². The van der Waals surface area contributed by atoms with E-state index >= 15 is 0 Å². The zero-order valence-electron chi connectivity index (χ0n) is 14.9. The first-order valence-electron chi connectivity index (χ1n) is 8.56. The van der Waals surface area contributed by atoms with Crippen LogP contribution in [0.4, 0.5) is 0 Å². The zero-order chi connectivity index (χ0) is 18.6. The molecule has 4 atom stereocenters. The third-order valence-electron chi connectivity index (χ3n) is 5.14. The molecule has 2 aliphatic carbocycles. The highest BCUT2D eigenvalue weighted by Gasteiger charge is 2.81. The maximum absolute atomic E-state index is 13.2. The molecule has 1 spiro atoms. The van der Waals surface area contributed by atoms with Crippen LogP contribution >= 0.6 is 0 Å². The van der Waals surface area contributed by atoms with E-state index in [0.717, 1.165) is 0 Å². The number of carbonyl (C=O) groups excluding carboxylic acids is 2. The maximum atomic E-state index is 13.2. The smallest absolute Gasteiger partial charge is 0.326 e. The monoisotopic (exact) mass is 388 g/mol. The van der Waals surface area contributed by atoms with Crippen molar-refractivity contribution in [1.29, 1.82) is 0 Å². The topological polar surface area (TPSA) is 86.7 Å². The van der Waals surface area contributed by atoms with Crippen molar-refractivity contribution in [1.82, 2.24) is 0 Å².